The van der Waals surface area contributed by atoms with E-state index >= 15 is 0 Å². The molecule has 2 aromatic heterocycles. The normalized spacial score (nSPS) is 17.8. The summed E-state index contributed by atoms with van der Waals surface area (Å²) in [6, 6.07) is 24.6. The van der Waals surface area contributed by atoms with E-state index in [2.05, 4.69) is 57.2 Å². The number of aromatic nitrogens is 3. The number of imidazole rings is 1. The lowest BCUT2D eigenvalue weighted by Crippen LogP contribution is -2.51. The Balaban J connectivity index is 0.000000195. The van der Waals surface area contributed by atoms with Crippen molar-refractivity contribution in [1.82, 2.24) is 24.3 Å². The van der Waals surface area contributed by atoms with Crippen molar-refractivity contribution >= 4 is 16.9 Å². The van der Waals surface area contributed by atoms with E-state index in [1.165, 1.54) is 16.7 Å². The molecule has 1 saturated heterocycles. The molecule has 1 fully saturated rings. The molecule has 0 amide bonds. The Morgan fingerprint density at radius 1 is 1.05 bits per heavy atom. The number of aryl methyl sites for hydroxylation is 1. The fraction of sp³-hybridized carbons (Fsp3) is 0.314. The Kier molecular flexibility index (Phi) is 8.86. The number of rotatable bonds is 9. The highest BCUT2D eigenvalue weighted by molar-refractivity contribution is 5.94. The van der Waals surface area contributed by atoms with Crippen LogP contribution in [0.25, 0.3) is 10.9 Å². The average molecular weight is 578 g/mol. The highest BCUT2D eigenvalue weighted by Crippen LogP contribution is 2.34. The minimum Gasteiger partial charge on any atom is -0.481 e. The number of aromatic carboxylic acids is 1. The van der Waals surface area contributed by atoms with Crippen LogP contribution >= 0.6 is 0 Å². The Hall–Kier alpha value is -4.40. The monoisotopic (exact) mass is 577 g/mol. The topological polar surface area (TPSA) is 84.5 Å². The van der Waals surface area contributed by atoms with Crippen molar-refractivity contribution in [2.24, 2.45) is 0 Å². The standard InChI is InChI=1S/C22H29N5O2.C13H10O/c1-2-19-13-23-7-11-26(19)8-3-9-27-15-18(14-25-10-6-24-16-25)20-5-4-17(22(28)29)12-21(20)27;1-2-4-10(5-3-1)13-11-6-8-12(14-13)9-7-11/h4-6,10,12,15-16,19,23H,2-3,7-9,11,13-14H2,1H3,(H,28,29);1-9,13H. The summed E-state index contributed by atoms with van der Waals surface area (Å²) in [7, 11) is 0. The van der Waals surface area contributed by atoms with Gasteiger partial charge in [-0.15, -0.1) is 0 Å². The van der Waals surface area contributed by atoms with Crippen molar-refractivity contribution in [1.29, 1.82) is 0 Å². The van der Waals surface area contributed by atoms with Gasteiger partial charge in [0.25, 0.3) is 0 Å². The molecule has 3 aliphatic heterocycles. The molecule has 0 aliphatic carbocycles. The Morgan fingerprint density at radius 3 is 2.56 bits per heavy atom. The van der Waals surface area contributed by atoms with Crippen LogP contribution in [-0.4, -0.2) is 62.3 Å². The molecule has 5 aromatic rings. The van der Waals surface area contributed by atoms with Crippen LogP contribution in [0.4, 0.5) is 0 Å². The first-order valence-corrected chi connectivity index (χ1v) is 15.2. The van der Waals surface area contributed by atoms with Crippen LogP contribution in [0.2, 0.25) is 0 Å². The minimum absolute atomic E-state index is 0.0983. The number of benzene rings is 3. The SMILES string of the molecule is CCC1CNCCN1CCCn1cc(Cn2ccnc2)c2ccc(C(=O)O)cc21.c1ccc(C2Oc3ccc2cc3)cc1. The molecule has 8 rings (SSSR count). The Bertz CT molecular complexity index is 1630. The second-order valence-electron chi connectivity index (χ2n) is 11.3. The number of carboxylic acid groups (broad SMARTS) is 1. The molecule has 2 unspecified atom stereocenters. The molecule has 2 N–H and O–H groups in total. The van der Waals surface area contributed by atoms with E-state index in [1.54, 1.807) is 18.3 Å². The molecule has 0 saturated carbocycles. The lowest BCUT2D eigenvalue weighted by atomic mass is 9.99. The zero-order valence-corrected chi connectivity index (χ0v) is 24.6. The summed E-state index contributed by atoms with van der Waals surface area (Å²) in [6.07, 6.45) is 10.0. The number of hydrogen-bond acceptors (Lipinski definition) is 5. The van der Waals surface area contributed by atoms with Gasteiger partial charge in [-0.05, 0) is 53.8 Å². The first-order chi connectivity index (χ1) is 21.1. The maximum absolute atomic E-state index is 11.5. The molecule has 0 radical (unpaired) electrons. The van der Waals surface area contributed by atoms with Gasteiger partial charge in [0.1, 0.15) is 11.9 Å². The number of nitrogens with one attached hydrogen (secondary N) is 1. The van der Waals surface area contributed by atoms with Crippen molar-refractivity contribution in [3.8, 4) is 5.75 Å². The zero-order chi connectivity index (χ0) is 29.6. The van der Waals surface area contributed by atoms with Gasteiger partial charge in [-0.25, -0.2) is 9.78 Å². The van der Waals surface area contributed by atoms with Gasteiger partial charge in [-0.2, -0.15) is 0 Å². The van der Waals surface area contributed by atoms with Gasteiger partial charge in [-0.3, -0.25) is 4.90 Å². The number of nitrogens with zero attached hydrogens (tertiary/aromatic N) is 4. The van der Waals surface area contributed by atoms with Gasteiger partial charge >= 0.3 is 5.97 Å². The third-order valence-electron chi connectivity index (χ3n) is 8.45. The molecule has 5 heterocycles. The molecule has 3 aliphatic rings. The van der Waals surface area contributed by atoms with Crippen LogP contribution in [0, 0.1) is 0 Å². The molecule has 222 valence electrons. The third-order valence-corrected chi connectivity index (χ3v) is 8.45. The van der Waals surface area contributed by atoms with Gasteiger partial charge in [0.05, 0.1) is 18.4 Å². The van der Waals surface area contributed by atoms with Gasteiger partial charge in [-0.1, -0.05) is 55.5 Å². The molecule has 3 aromatic carbocycles. The van der Waals surface area contributed by atoms with Gasteiger partial charge in [0.15, 0.2) is 0 Å². The van der Waals surface area contributed by atoms with E-state index in [0.29, 0.717) is 11.6 Å². The Labute approximate surface area is 252 Å². The van der Waals surface area contributed by atoms with Crippen molar-refractivity contribution < 1.29 is 14.6 Å². The van der Waals surface area contributed by atoms with Gasteiger partial charge in [0, 0.05) is 68.3 Å². The highest BCUT2D eigenvalue weighted by Gasteiger charge is 2.21. The maximum Gasteiger partial charge on any atom is 0.335 e. The zero-order valence-electron chi connectivity index (χ0n) is 24.6. The summed E-state index contributed by atoms with van der Waals surface area (Å²) < 4.78 is 10.0. The number of piperazine rings is 1. The molecule has 8 nitrogen and oxygen atoms in total. The second kappa shape index (κ2) is 13.3. The summed E-state index contributed by atoms with van der Waals surface area (Å²) >= 11 is 0. The highest BCUT2D eigenvalue weighted by atomic mass is 16.5. The van der Waals surface area contributed by atoms with Crippen LogP contribution in [0.1, 0.15) is 52.9 Å². The van der Waals surface area contributed by atoms with Crippen LogP contribution in [0.15, 0.2) is 97.7 Å². The van der Waals surface area contributed by atoms with Crippen LogP contribution in [0.5, 0.6) is 5.75 Å². The molecule has 2 atom stereocenters. The van der Waals surface area contributed by atoms with Gasteiger partial charge in [0.2, 0.25) is 0 Å². The van der Waals surface area contributed by atoms with Crippen molar-refractivity contribution in [3.63, 3.8) is 0 Å². The van der Waals surface area contributed by atoms with Crippen molar-refractivity contribution in [2.75, 3.05) is 26.2 Å². The van der Waals surface area contributed by atoms with Crippen molar-refractivity contribution in [2.45, 2.75) is 45.0 Å². The summed E-state index contributed by atoms with van der Waals surface area (Å²) in [5.74, 6) is 0.0660. The fourth-order valence-electron chi connectivity index (χ4n) is 6.15. The predicted octanol–water partition coefficient (Wildman–Crippen LogP) is 5.83. The fourth-order valence-corrected chi connectivity index (χ4v) is 6.15. The molecule has 2 bridgehead atoms. The number of carboxylic acids is 1. The largest absolute Gasteiger partial charge is 0.481 e. The third kappa shape index (κ3) is 6.66. The average Bonchev–Trinajstić information content (AvgIpc) is 3.70. The smallest absolute Gasteiger partial charge is 0.335 e. The number of fused-ring (bicyclic) bond motifs is 4. The molecule has 43 heavy (non-hydrogen) atoms. The van der Waals surface area contributed by atoms with E-state index < -0.39 is 5.97 Å². The second-order valence-corrected chi connectivity index (χ2v) is 11.3. The van der Waals surface area contributed by atoms with Crippen LogP contribution in [-0.2, 0) is 13.1 Å². The molecule has 0 spiro atoms. The lowest BCUT2D eigenvalue weighted by molar-refractivity contribution is 0.0697. The minimum atomic E-state index is -0.887. The number of ether oxygens (including phenoxy) is 1. The van der Waals surface area contributed by atoms with Crippen LogP contribution < -0.4 is 10.1 Å². The van der Waals surface area contributed by atoms with Gasteiger partial charge < -0.3 is 24.3 Å². The number of carbonyl (C=O) groups is 1. The van der Waals surface area contributed by atoms with E-state index in [4.69, 9.17) is 4.74 Å². The summed E-state index contributed by atoms with van der Waals surface area (Å²) in [5.41, 5.74) is 4.95. The first kappa shape index (κ1) is 28.7. The van der Waals surface area contributed by atoms with E-state index in [-0.39, 0.29) is 6.10 Å². The predicted molar refractivity (Wildman–Crippen MR) is 169 cm³/mol. The summed E-state index contributed by atoms with van der Waals surface area (Å²) in [5, 5.41) is 14.0. The maximum atomic E-state index is 11.5. The molecule has 8 heteroatoms. The molecular formula is C35H39N5O3. The quantitative estimate of drug-likeness (QED) is 0.230. The van der Waals surface area contributed by atoms with E-state index in [9.17, 15) is 9.90 Å². The first-order valence-electron chi connectivity index (χ1n) is 15.2. The summed E-state index contributed by atoms with van der Waals surface area (Å²) in [4.78, 5) is 18.2. The van der Waals surface area contributed by atoms with E-state index in [0.717, 1.165) is 68.8 Å². The number of hydrogen-bond donors (Lipinski definition) is 2. The summed E-state index contributed by atoms with van der Waals surface area (Å²) in [6.45, 7) is 8.14. The van der Waals surface area contributed by atoms with Crippen LogP contribution in [0.3, 0.4) is 0 Å². The van der Waals surface area contributed by atoms with Crippen molar-refractivity contribution in [3.05, 3.63) is 120 Å². The van der Waals surface area contributed by atoms with E-state index in [1.807, 2.05) is 53.5 Å². The molecular weight excluding hydrogens is 538 g/mol. The lowest BCUT2D eigenvalue weighted by Gasteiger charge is -2.35. The Morgan fingerprint density at radius 2 is 1.86 bits per heavy atom.